The van der Waals surface area contributed by atoms with Crippen LogP contribution in [0.1, 0.15) is 18.9 Å². The molecule has 4 rings (SSSR count). The number of hydrogen-bond donors (Lipinski definition) is 1. The second-order valence-corrected chi connectivity index (χ2v) is 9.85. The largest absolute Gasteiger partial charge is 0.473 e. The fourth-order valence-corrected chi connectivity index (χ4v) is 6.18. The summed E-state index contributed by atoms with van der Waals surface area (Å²) in [5, 5.41) is 3.04. The van der Waals surface area contributed by atoms with E-state index in [0.717, 1.165) is 11.1 Å². The van der Waals surface area contributed by atoms with Gasteiger partial charge >= 0.3 is 5.97 Å². The Labute approximate surface area is 189 Å². The van der Waals surface area contributed by atoms with Gasteiger partial charge in [-0.2, -0.15) is 0 Å². The molecule has 1 aromatic rings. The lowest BCUT2D eigenvalue weighted by Gasteiger charge is -2.50. The fraction of sp³-hybridized carbons (Fsp3) is 0.409. The predicted octanol–water partition coefficient (Wildman–Crippen LogP) is 2.44. The van der Waals surface area contributed by atoms with Gasteiger partial charge in [0.1, 0.15) is 6.10 Å². The molecule has 1 N–H and O–H groups in total. The van der Waals surface area contributed by atoms with Crippen LogP contribution in [0.15, 0.2) is 54.5 Å². The van der Waals surface area contributed by atoms with Crippen LogP contribution in [0.2, 0.25) is 0 Å². The molecule has 9 heteroatoms. The van der Waals surface area contributed by atoms with Crippen LogP contribution in [0.5, 0.6) is 0 Å². The summed E-state index contributed by atoms with van der Waals surface area (Å²) in [6.07, 6.45) is 8.14. The molecule has 3 aliphatic rings. The lowest BCUT2D eigenvalue weighted by molar-refractivity contribution is -0.158. The van der Waals surface area contributed by atoms with E-state index in [1.54, 1.807) is 17.2 Å². The van der Waals surface area contributed by atoms with Crippen molar-refractivity contribution in [2.24, 2.45) is 0 Å². The van der Waals surface area contributed by atoms with Crippen molar-refractivity contribution in [3.63, 3.8) is 0 Å². The Morgan fingerprint density at radius 1 is 1.26 bits per heavy atom. The molecule has 1 aromatic carbocycles. The van der Waals surface area contributed by atoms with Gasteiger partial charge < -0.3 is 19.7 Å². The smallest absolute Gasteiger partial charge is 0.303 e. The van der Waals surface area contributed by atoms with Crippen molar-refractivity contribution in [2.45, 2.75) is 41.7 Å². The van der Waals surface area contributed by atoms with E-state index in [-0.39, 0.29) is 11.8 Å². The summed E-state index contributed by atoms with van der Waals surface area (Å²) >= 11 is 2.62. The molecule has 4 atom stereocenters. The van der Waals surface area contributed by atoms with Gasteiger partial charge in [-0.1, -0.05) is 30.3 Å². The molecule has 164 valence electrons. The van der Waals surface area contributed by atoms with E-state index in [4.69, 9.17) is 9.47 Å². The highest BCUT2D eigenvalue weighted by molar-refractivity contribution is 8.01. The first-order valence-electron chi connectivity index (χ1n) is 9.86. The Hall–Kier alpha value is -2.39. The Morgan fingerprint density at radius 2 is 2.00 bits per heavy atom. The number of ether oxygens (including phenoxy) is 2. The van der Waals surface area contributed by atoms with Crippen molar-refractivity contribution >= 4 is 41.3 Å². The molecule has 0 aliphatic carbocycles. The number of amides is 2. The van der Waals surface area contributed by atoms with Gasteiger partial charge in [-0.25, -0.2) is 0 Å². The number of rotatable bonds is 5. The lowest BCUT2D eigenvalue weighted by atomic mass is 9.99. The van der Waals surface area contributed by atoms with E-state index < -0.39 is 27.9 Å². The van der Waals surface area contributed by atoms with Crippen LogP contribution in [0.4, 0.5) is 0 Å². The van der Waals surface area contributed by atoms with Crippen LogP contribution in [-0.2, 0) is 30.3 Å². The van der Waals surface area contributed by atoms with Crippen LogP contribution >= 0.6 is 23.5 Å². The standard InChI is InChI=1S/C22H24N2O5S2/c1-14(25)29-17-9-10-28-13-16-12-22(31-3)19(26)23-21(30-2,20(27)24(22)18(16)17)11-15-7-5-4-6-8-15/h4-10,13,17-18H,11-12H2,1-3H3,(H,23,26). The first kappa shape index (κ1) is 21.8. The third-order valence-electron chi connectivity index (χ3n) is 5.89. The molecule has 31 heavy (non-hydrogen) atoms. The number of nitrogens with zero attached hydrogens (tertiary/aromatic N) is 1. The molecule has 0 saturated carbocycles. The van der Waals surface area contributed by atoms with Crippen molar-refractivity contribution in [1.29, 1.82) is 0 Å². The first-order chi connectivity index (χ1) is 14.9. The van der Waals surface area contributed by atoms with E-state index in [1.807, 2.05) is 42.8 Å². The normalized spacial score (nSPS) is 31.7. The van der Waals surface area contributed by atoms with E-state index in [2.05, 4.69) is 5.32 Å². The van der Waals surface area contributed by atoms with E-state index in [0.29, 0.717) is 12.8 Å². The number of hydrogen-bond acceptors (Lipinski definition) is 7. The number of esters is 1. The van der Waals surface area contributed by atoms with E-state index >= 15 is 0 Å². The molecule has 0 radical (unpaired) electrons. The van der Waals surface area contributed by atoms with Gasteiger partial charge in [-0.05, 0) is 29.7 Å². The topological polar surface area (TPSA) is 84.9 Å². The Bertz CT molecular complexity index is 966. The lowest BCUT2D eigenvalue weighted by Crippen LogP contribution is -2.74. The molecular formula is C22H24N2O5S2. The number of thioether (sulfide) groups is 2. The van der Waals surface area contributed by atoms with E-state index in [1.165, 1.54) is 36.7 Å². The Balaban J connectivity index is 1.81. The van der Waals surface area contributed by atoms with Gasteiger partial charge in [-0.3, -0.25) is 14.4 Å². The molecule has 2 saturated heterocycles. The van der Waals surface area contributed by atoms with Gasteiger partial charge in [0.15, 0.2) is 9.74 Å². The third kappa shape index (κ3) is 3.53. The van der Waals surface area contributed by atoms with Gasteiger partial charge in [-0.15, -0.1) is 23.5 Å². The molecule has 3 aliphatic heterocycles. The number of carbonyl (C=O) groups excluding carboxylic acids is 3. The Kier molecular flexibility index (Phi) is 5.83. The van der Waals surface area contributed by atoms with E-state index in [9.17, 15) is 14.4 Å². The van der Waals surface area contributed by atoms with Crippen molar-refractivity contribution in [1.82, 2.24) is 10.2 Å². The zero-order valence-corrected chi connectivity index (χ0v) is 19.1. The van der Waals surface area contributed by atoms with Crippen molar-refractivity contribution in [3.05, 3.63) is 60.1 Å². The predicted molar refractivity (Wildman–Crippen MR) is 120 cm³/mol. The minimum atomic E-state index is -1.16. The summed E-state index contributed by atoms with van der Waals surface area (Å²) in [6, 6.07) is 8.99. The molecule has 0 spiro atoms. The molecular weight excluding hydrogens is 436 g/mol. The quantitative estimate of drug-likeness (QED) is 0.676. The number of carbonyl (C=O) groups is 3. The second-order valence-electron chi connectivity index (χ2n) is 7.66. The van der Waals surface area contributed by atoms with Gasteiger partial charge in [0.25, 0.3) is 11.8 Å². The maximum Gasteiger partial charge on any atom is 0.303 e. The average molecular weight is 461 g/mol. The molecule has 0 bridgehead atoms. The van der Waals surface area contributed by atoms with Crippen LogP contribution < -0.4 is 5.32 Å². The minimum Gasteiger partial charge on any atom is -0.473 e. The van der Waals surface area contributed by atoms with Gasteiger partial charge in [0.2, 0.25) is 0 Å². The SMILES string of the molecule is CSC1(Cc2ccccc2)NC(=O)C2(SC)CC3=COC=CC(OC(C)=O)C3N2C1=O. The monoisotopic (exact) mass is 460 g/mol. The summed E-state index contributed by atoms with van der Waals surface area (Å²) in [7, 11) is 0. The molecule has 2 fully saturated rings. The maximum atomic E-state index is 14.1. The number of fused-ring (bicyclic) bond motifs is 3. The van der Waals surface area contributed by atoms with Crippen LogP contribution in [0.25, 0.3) is 0 Å². The molecule has 4 unspecified atom stereocenters. The van der Waals surface area contributed by atoms with Gasteiger partial charge in [0.05, 0.1) is 18.6 Å². The zero-order chi connectivity index (χ0) is 22.2. The zero-order valence-electron chi connectivity index (χ0n) is 17.5. The summed E-state index contributed by atoms with van der Waals surface area (Å²) < 4.78 is 11.0. The molecule has 7 nitrogen and oxygen atoms in total. The molecule has 2 amide bonds. The van der Waals surface area contributed by atoms with Crippen molar-refractivity contribution < 1.29 is 23.9 Å². The van der Waals surface area contributed by atoms with Crippen molar-refractivity contribution in [3.8, 4) is 0 Å². The fourth-order valence-electron chi connectivity index (χ4n) is 4.46. The summed E-state index contributed by atoms with van der Waals surface area (Å²) in [6.45, 7) is 1.33. The first-order valence-corrected chi connectivity index (χ1v) is 12.3. The summed E-state index contributed by atoms with van der Waals surface area (Å²) in [5.74, 6) is -0.907. The minimum absolute atomic E-state index is 0.210. The second kappa shape index (κ2) is 8.27. The number of nitrogens with one attached hydrogen (secondary N) is 1. The molecule has 0 aromatic heterocycles. The Morgan fingerprint density at radius 3 is 2.65 bits per heavy atom. The number of benzene rings is 1. The number of piperazine rings is 1. The molecule has 3 heterocycles. The summed E-state index contributed by atoms with van der Waals surface area (Å²) in [4.78, 5) is 38.8. The highest BCUT2D eigenvalue weighted by Gasteiger charge is 2.66. The summed E-state index contributed by atoms with van der Waals surface area (Å²) in [5.41, 5.74) is 1.68. The van der Waals surface area contributed by atoms with Crippen LogP contribution in [-0.4, -0.2) is 57.1 Å². The average Bonchev–Trinajstić information content (AvgIpc) is 2.99. The highest BCUT2D eigenvalue weighted by atomic mass is 32.2. The highest BCUT2D eigenvalue weighted by Crippen LogP contribution is 2.51. The van der Waals surface area contributed by atoms with Crippen LogP contribution in [0.3, 0.4) is 0 Å². The van der Waals surface area contributed by atoms with Crippen molar-refractivity contribution in [2.75, 3.05) is 12.5 Å². The van der Waals surface area contributed by atoms with Crippen LogP contribution in [0, 0.1) is 0 Å². The van der Waals surface area contributed by atoms with Gasteiger partial charge in [0, 0.05) is 19.8 Å². The third-order valence-corrected chi connectivity index (χ3v) is 8.21. The maximum absolute atomic E-state index is 14.1.